The van der Waals surface area contributed by atoms with E-state index in [2.05, 4.69) is 54.8 Å². The molecule has 2 aromatic rings. The van der Waals surface area contributed by atoms with Crippen molar-refractivity contribution in [2.75, 3.05) is 13.1 Å². The van der Waals surface area contributed by atoms with Crippen molar-refractivity contribution in [3.8, 4) is 5.75 Å². The molecule has 2 rings (SSSR count). The summed E-state index contributed by atoms with van der Waals surface area (Å²) in [4.78, 5) is 9.20. The highest BCUT2D eigenvalue weighted by Gasteiger charge is 2.14. The molecule has 0 atom stereocenters. The number of halogens is 1. The fraction of sp³-hybridized carbons (Fsp3) is 0.500. The first-order valence-electron chi connectivity index (χ1n) is 9.07. The molecule has 1 aromatic heterocycles. The molecule has 0 saturated carbocycles. The Morgan fingerprint density at radius 3 is 2.59 bits per heavy atom. The maximum absolute atomic E-state index is 6.05. The van der Waals surface area contributed by atoms with E-state index in [-0.39, 0.29) is 29.6 Å². The molecule has 0 aliphatic carbocycles. The third-order valence-corrected chi connectivity index (χ3v) is 4.30. The van der Waals surface area contributed by atoms with E-state index in [1.54, 1.807) is 11.3 Å². The molecule has 150 valence electrons. The highest BCUT2D eigenvalue weighted by atomic mass is 127. The first-order valence-corrected chi connectivity index (χ1v) is 9.95. The molecule has 0 amide bonds. The summed E-state index contributed by atoms with van der Waals surface area (Å²) < 4.78 is 6.05. The summed E-state index contributed by atoms with van der Waals surface area (Å²) in [5, 5.41) is 9.89. The normalized spacial score (nSPS) is 11.7. The van der Waals surface area contributed by atoms with Crippen LogP contribution < -0.4 is 15.4 Å². The maximum atomic E-state index is 6.05. The summed E-state index contributed by atoms with van der Waals surface area (Å²) in [5.74, 6) is 1.70. The minimum atomic E-state index is -0.228. The third-order valence-electron chi connectivity index (χ3n) is 3.48. The van der Waals surface area contributed by atoms with E-state index in [0.717, 1.165) is 47.5 Å². The van der Waals surface area contributed by atoms with Crippen molar-refractivity contribution in [1.82, 2.24) is 15.6 Å². The molecule has 27 heavy (non-hydrogen) atoms. The van der Waals surface area contributed by atoms with E-state index in [0.29, 0.717) is 6.54 Å². The van der Waals surface area contributed by atoms with Gasteiger partial charge in [-0.2, -0.15) is 0 Å². The van der Waals surface area contributed by atoms with Crippen LogP contribution in [0.3, 0.4) is 0 Å². The molecule has 1 aromatic carbocycles. The number of thiazole rings is 1. The Hall–Kier alpha value is -1.35. The molecule has 2 N–H and O–H groups in total. The Morgan fingerprint density at radius 2 is 1.96 bits per heavy atom. The van der Waals surface area contributed by atoms with E-state index < -0.39 is 0 Å². The molecule has 0 fully saturated rings. The molecule has 7 heteroatoms. The summed E-state index contributed by atoms with van der Waals surface area (Å²) in [5.41, 5.74) is 1.98. The number of aliphatic imine (C=N–C) groups is 1. The minimum absolute atomic E-state index is 0. The summed E-state index contributed by atoms with van der Waals surface area (Å²) in [6.07, 6.45) is 0.887. The van der Waals surface area contributed by atoms with Gasteiger partial charge in [0.2, 0.25) is 0 Å². The molecular weight excluding hydrogens is 471 g/mol. The number of guanidine groups is 1. The molecule has 0 radical (unpaired) electrons. The van der Waals surface area contributed by atoms with Crippen LogP contribution in [0.2, 0.25) is 0 Å². The van der Waals surface area contributed by atoms with Crippen molar-refractivity contribution in [2.24, 2.45) is 4.99 Å². The molecule has 0 unspecified atom stereocenters. The largest absolute Gasteiger partial charge is 0.488 e. The van der Waals surface area contributed by atoms with Gasteiger partial charge in [-0.05, 0) is 40.7 Å². The number of rotatable bonds is 7. The fourth-order valence-electron chi connectivity index (χ4n) is 2.40. The number of nitrogens with one attached hydrogen (secondary N) is 2. The van der Waals surface area contributed by atoms with Gasteiger partial charge in [0.1, 0.15) is 11.4 Å². The van der Waals surface area contributed by atoms with Crippen LogP contribution in [0.4, 0.5) is 0 Å². The van der Waals surface area contributed by atoms with Gasteiger partial charge < -0.3 is 15.4 Å². The van der Waals surface area contributed by atoms with Gasteiger partial charge in [-0.25, -0.2) is 9.98 Å². The van der Waals surface area contributed by atoms with Crippen LogP contribution in [-0.2, 0) is 13.0 Å². The topological polar surface area (TPSA) is 58.5 Å². The van der Waals surface area contributed by atoms with Crippen molar-refractivity contribution in [2.45, 2.75) is 53.2 Å². The smallest absolute Gasteiger partial charge is 0.191 e. The predicted octanol–water partition coefficient (Wildman–Crippen LogP) is 4.54. The number of hydrogen-bond donors (Lipinski definition) is 2. The standard InChI is InChI=1S/C20H30N4OS.HI/c1-6-21-19(22-12-11-17-14-26-15(2)24-17)23-13-16-9-7-8-10-18(16)25-20(3,4)5;/h7-10,14H,6,11-13H2,1-5H3,(H2,21,22,23);1H. The highest BCUT2D eigenvalue weighted by Crippen LogP contribution is 2.23. The lowest BCUT2D eigenvalue weighted by atomic mass is 10.1. The lowest BCUT2D eigenvalue weighted by Crippen LogP contribution is -2.38. The van der Waals surface area contributed by atoms with Crippen molar-refractivity contribution in [3.63, 3.8) is 0 Å². The maximum Gasteiger partial charge on any atom is 0.191 e. The predicted molar refractivity (Wildman–Crippen MR) is 126 cm³/mol. The third kappa shape index (κ3) is 8.92. The molecule has 1 heterocycles. The van der Waals surface area contributed by atoms with E-state index in [1.807, 2.05) is 25.1 Å². The van der Waals surface area contributed by atoms with Gasteiger partial charge in [-0.15, -0.1) is 35.3 Å². The zero-order valence-corrected chi connectivity index (χ0v) is 20.0. The zero-order chi connectivity index (χ0) is 19.0. The average Bonchev–Trinajstić information content (AvgIpc) is 2.98. The number of hydrogen-bond acceptors (Lipinski definition) is 4. The van der Waals surface area contributed by atoms with Gasteiger partial charge in [0, 0.05) is 30.5 Å². The van der Waals surface area contributed by atoms with Gasteiger partial charge in [0.15, 0.2) is 5.96 Å². The summed E-state index contributed by atoms with van der Waals surface area (Å²) in [6.45, 7) is 12.5. The molecule has 0 aliphatic heterocycles. The van der Waals surface area contributed by atoms with Crippen molar-refractivity contribution >= 4 is 41.3 Å². The molecule has 5 nitrogen and oxygen atoms in total. The molecule has 0 bridgehead atoms. The van der Waals surface area contributed by atoms with Crippen LogP contribution in [0.15, 0.2) is 34.6 Å². The van der Waals surface area contributed by atoms with Crippen LogP contribution in [0, 0.1) is 6.92 Å². The zero-order valence-electron chi connectivity index (χ0n) is 16.8. The van der Waals surface area contributed by atoms with Crippen LogP contribution >= 0.6 is 35.3 Å². The highest BCUT2D eigenvalue weighted by molar-refractivity contribution is 14.0. The van der Waals surface area contributed by atoms with Gasteiger partial charge in [-0.3, -0.25) is 0 Å². The number of aryl methyl sites for hydroxylation is 1. The van der Waals surface area contributed by atoms with Crippen molar-refractivity contribution in [1.29, 1.82) is 0 Å². The van der Waals surface area contributed by atoms with Crippen molar-refractivity contribution in [3.05, 3.63) is 45.9 Å². The molecule has 0 spiro atoms. The van der Waals surface area contributed by atoms with E-state index in [1.165, 1.54) is 0 Å². The molecule has 0 saturated heterocycles. The average molecular weight is 502 g/mol. The van der Waals surface area contributed by atoms with Crippen LogP contribution in [0.5, 0.6) is 5.75 Å². The summed E-state index contributed by atoms with van der Waals surface area (Å²) in [7, 11) is 0. The number of ether oxygens (including phenoxy) is 1. The Kier molecular flexibility index (Phi) is 10.1. The van der Waals surface area contributed by atoms with E-state index in [4.69, 9.17) is 9.73 Å². The van der Waals surface area contributed by atoms with Gasteiger partial charge in [-0.1, -0.05) is 18.2 Å². The monoisotopic (exact) mass is 502 g/mol. The molecular formula is C20H31IN4OS. The van der Waals surface area contributed by atoms with Crippen LogP contribution in [0.1, 0.15) is 44.0 Å². The van der Waals surface area contributed by atoms with Crippen LogP contribution in [0.25, 0.3) is 0 Å². The van der Waals surface area contributed by atoms with E-state index >= 15 is 0 Å². The Morgan fingerprint density at radius 1 is 1.22 bits per heavy atom. The van der Waals surface area contributed by atoms with E-state index in [9.17, 15) is 0 Å². The SMILES string of the molecule is CCNC(=NCc1ccccc1OC(C)(C)C)NCCc1csc(C)n1.I. The number of nitrogens with zero attached hydrogens (tertiary/aromatic N) is 2. The van der Waals surface area contributed by atoms with Gasteiger partial charge >= 0.3 is 0 Å². The van der Waals surface area contributed by atoms with Crippen molar-refractivity contribution < 1.29 is 4.74 Å². The second-order valence-electron chi connectivity index (χ2n) is 7.05. The summed E-state index contributed by atoms with van der Waals surface area (Å²) >= 11 is 1.69. The first kappa shape index (κ1) is 23.7. The Balaban J connectivity index is 0.00000364. The minimum Gasteiger partial charge on any atom is -0.488 e. The number of benzene rings is 1. The quantitative estimate of drug-likeness (QED) is 0.332. The van der Waals surface area contributed by atoms with Crippen LogP contribution in [-0.4, -0.2) is 29.6 Å². The summed E-state index contributed by atoms with van der Waals surface area (Å²) in [6, 6.07) is 8.08. The Labute approximate surface area is 184 Å². The molecule has 0 aliphatic rings. The fourth-order valence-corrected chi connectivity index (χ4v) is 3.05. The Bertz CT molecular complexity index is 725. The number of para-hydroxylation sites is 1. The van der Waals surface area contributed by atoms with Gasteiger partial charge in [0.05, 0.1) is 17.2 Å². The second-order valence-corrected chi connectivity index (χ2v) is 8.11. The first-order chi connectivity index (χ1) is 12.4. The van der Waals surface area contributed by atoms with Gasteiger partial charge in [0.25, 0.3) is 0 Å². The lowest BCUT2D eigenvalue weighted by Gasteiger charge is -2.23. The lowest BCUT2D eigenvalue weighted by molar-refractivity contribution is 0.129. The number of aromatic nitrogens is 1. The second kappa shape index (κ2) is 11.5.